The van der Waals surface area contributed by atoms with Gasteiger partial charge in [-0.15, -0.1) is 12.4 Å². The molecule has 0 saturated heterocycles. The summed E-state index contributed by atoms with van der Waals surface area (Å²) in [6.45, 7) is 0. The van der Waals surface area contributed by atoms with Crippen molar-refractivity contribution in [3.8, 4) is 0 Å². The van der Waals surface area contributed by atoms with E-state index in [9.17, 15) is 4.79 Å². The number of halogens is 1. The largest absolute Gasteiger partial charge is 0.272 e. The molecule has 0 bridgehead atoms. The van der Waals surface area contributed by atoms with Crippen LogP contribution in [0.3, 0.4) is 0 Å². The van der Waals surface area contributed by atoms with E-state index in [0.29, 0.717) is 6.42 Å². The van der Waals surface area contributed by atoms with Gasteiger partial charge in [-0.1, -0.05) is 30.3 Å². The summed E-state index contributed by atoms with van der Waals surface area (Å²) in [4.78, 5) is 15.2. The number of nitrogens with zero attached hydrogens (tertiary/aromatic N) is 1. The van der Waals surface area contributed by atoms with Crippen LogP contribution in [0.5, 0.6) is 0 Å². The molecule has 1 heterocycles. The maximum absolute atomic E-state index is 11.2. The van der Waals surface area contributed by atoms with Gasteiger partial charge in [-0.3, -0.25) is 4.79 Å². The van der Waals surface area contributed by atoms with Crippen LogP contribution < -0.4 is 10.6 Å². The standard InChI is InChI=1S/C13H9NO.ClH/c15-13-6-5-11-7-9-3-1-2-4-10(9)8-12(11)14-13;/h1-5,7-8H,6H2;1H. The molecule has 1 aliphatic heterocycles. The molecule has 2 aromatic carbocycles. The molecular formula is C13H10ClNO. The lowest BCUT2D eigenvalue weighted by atomic mass is 10.1. The molecule has 80 valence electrons. The van der Waals surface area contributed by atoms with Crippen LogP contribution in [0.1, 0.15) is 6.42 Å². The van der Waals surface area contributed by atoms with E-state index in [4.69, 9.17) is 0 Å². The maximum Gasteiger partial charge on any atom is 0.250 e. The van der Waals surface area contributed by atoms with Crippen molar-refractivity contribution in [3.63, 3.8) is 0 Å². The highest BCUT2D eigenvalue weighted by molar-refractivity contribution is 5.86. The minimum Gasteiger partial charge on any atom is -0.272 e. The lowest BCUT2D eigenvalue weighted by Gasteiger charge is -2.01. The van der Waals surface area contributed by atoms with Crippen LogP contribution in [-0.2, 0) is 4.79 Å². The second kappa shape index (κ2) is 4.06. The Bertz CT molecular complexity index is 676. The Morgan fingerprint density at radius 1 is 1.06 bits per heavy atom. The van der Waals surface area contributed by atoms with Gasteiger partial charge < -0.3 is 0 Å². The Labute approximate surface area is 98.7 Å². The average molecular weight is 232 g/mol. The molecule has 0 atom stereocenters. The van der Waals surface area contributed by atoms with Gasteiger partial charge in [-0.2, -0.15) is 0 Å². The van der Waals surface area contributed by atoms with E-state index in [1.807, 2.05) is 30.3 Å². The monoisotopic (exact) mass is 231 g/mol. The summed E-state index contributed by atoms with van der Waals surface area (Å²) in [5.41, 5.74) is 0. The first-order valence-corrected chi connectivity index (χ1v) is 4.93. The van der Waals surface area contributed by atoms with Crippen LogP contribution in [0.2, 0.25) is 0 Å². The molecule has 0 N–H and O–H groups in total. The van der Waals surface area contributed by atoms with Crippen molar-refractivity contribution in [3.05, 3.63) is 47.0 Å². The Kier molecular flexibility index (Phi) is 2.75. The second-order valence-electron chi connectivity index (χ2n) is 3.67. The van der Waals surface area contributed by atoms with Crippen LogP contribution in [-0.4, -0.2) is 5.91 Å². The van der Waals surface area contributed by atoms with Crippen molar-refractivity contribution >= 4 is 35.2 Å². The molecule has 0 aromatic heterocycles. The Morgan fingerprint density at radius 3 is 2.50 bits per heavy atom. The molecule has 0 spiro atoms. The Hall–Kier alpha value is -1.67. The summed E-state index contributed by atoms with van der Waals surface area (Å²) in [6, 6.07) is 12.2. The zero-order valence-electron chi connectivity index (χ0n) is 8.51. The fraction of sp³-hybridized carbons (Fsp3) is 0.0769. The first-order valence-electron chi connectivity index (χ1n) is 4.93. The van der Waals surface area contributed by atoms with Gasteiger partial charge in [-0.25, -0.2) is 4.99 Å². The van der Waals surface area contributed by atoms with E-state index in [-0.39, 0.29) is 18.3 Å². The minimum absolute atomic E-state index is 0. The molecule has 0 fully saturated rings. The van der Waals surface area contributed by atoms with Gasteiger partial charge in [0.2, 0.25) is 5.91 Å². The zero-order chi connectivity index (χ0) is 10.3. The molecule has 2 nitrogen and oxygen atoms in total. The smallest absolute Gasteiger partial charge is 0.250 e. The highest BCUT2D eigenvalue weighted by Gasteiger charge is 2.03. The molecule has 0 aliphatic carbocycles. The Balaban J connectivity index is 0.000000963. The van der Waals surface area contributed by atoms with Gasteiger partial charge in [0, 0.05) is 6.42 Å². The van der Waals surface area contributed by atoms with Crippen molar-refractivity contribution in [2.45, 2.75) is 6.42 Å². The molecule has 1 aliphatic rings. The zero-order valence-corrected chi connectivity index (χ0v) is 9.33. The first kappa shape index (κ1) is 10.8. The second-order valence-corrected chi connectivity index (χ2v) is 3.67. The molecule has 16 heavy (non-hydrogen) atoms. The Morgan fingerprint density at radius 2 is 1.75 bits per heavy atom. The number of rotatable bonds is 0. The molecule has 3 rings (SSSR count). The molecular weight excluding hydrogens is 222 g/mol. The number of hydrogen-bond acceptors (Lipinski definition) is 1. The van der Waals surface area contributed by atoms with Crippen LogP contribution in [0.4, 0.5) is 0 Å². The van der Waals surface area contributed by atoms with Crippen molar-refractivity contribution in [1.29, 1.82) is 0 Å². The highest BCUT2D eigenvalue weighted by Crippen LogP contribution is 2.08. The van der Waals surface area contributed by atoms with Gasteiger partial charge in [0.05, 0.1) is 5.36 Å². The number of carbonyl (C=O) groups excluding carboxylic acids is 1. The maximum atomic E-state index is 11.2. The number of hydrogen-bond donors (Lipinski definition) is 0. The predicted octanol–water partition coefficient (Wildman–Crippen LogP) is 1.59. The predicted molar refractivity (Wildman–Crippen MR) is 66.1 cm³/mol. The van der Waals surface area contributed by atoms with E-state index < -0.39 is 0 Å². The van der Waals surface area contributed by atoms with Crippen LogP contribution in [0.25, 0.3) is 16.8 Å². The van der Waals surface area contributed by atoms with Gasteiger partial charge in [-0.05, 0) is 28.1 Å². The van der Waals surface area contributed by atoms with Gasteiger partial charge in [0.1, 0.15) is 0 Å². The first-order chi connectivity index (χ1) is 7.33. The van der Waals surface area contributed by atoms with Gasteiger partial charge in [0.15, 0.2) is 0 Å². The summed E-state index contributed by atoms with van der Waals surface area (Å²) in [5.74, 6) is -0.0576. The van der Waals surface area contributed by atoms with E-state index in [1.54, 1.807) is 0 Å². The van der Waals surface area contributed by atoms with Crippen molar-refractivity contribution < 1.29 is 4.79 Å². The number of benzene rings is 2. The number of carbonyl (C=O) groups is 1. The number of amides is 1. The average Bonchev–Trinajstić information content (AvgIpc) is 2.26. The summed E-state index contributed by atoms with van der Waals surface area (Å²) in [5, 5.41) is 4.18. The lowest BCUT2D eigenvalue weighted by molar-refractivity contribution is -0.117. The molecule has 0 unspecified atom stereocenters. The lowest BCUT2D eigenvalue weighted by Crippen LogP contribution is -2.29. The quantitative estimate of drug-likeness (QED) is 0.677. The summed E-state index contributed by atoms with van der Waals surface area (Å²) >= 11 is 0. The number of fused-ring (bicyclic) bond motifs is 2. The van der Waals surface area contributed by atoms with E-state index in [1.165, 1.54) is 5.39 Å². The molecule has 3 heteroatoms. The normalized spacial score (nSPS) is 13.4. The van der Waals surface area contributed by atoms with Crippen LogP contribution in [0.15, 0.2) is 41.4 Å². The summed E-state index contributed by atoms with van der Waals surface area (Å²) in [6.07, 6.45) is 2.36. The van der Waals surface area contributed by atoms with Crippen molar-refractivity contribution in [1.82, 2.24) is 0 Å². The third kappa shape index (κ3) is 1.72. The minimum atomic E-state index is -0.0576. The third-order valence-electron chi connectivity index (χ3n) is 2.64. The van der Waals surface area contributed by atoms with Gasteiger partial charge in [0.25, 0.3) is 0 Å². The molecule has 0 radical (unpaired) electrons. The SMILES string of the molecule is Cl.O=C1CC=c2cc3ccccc3cc2=N1. The van der Waals surface area contributed by atoms with Gasteiger partial charge >= 0.3 is 0 Å². The summed E-state index contributed by atoms with van der Waals surface area (Å²) in [7, 11) is 0. The molecule has 1 amide bonds. The van der Waals surface area contributed by atoms with E-state index in [0.717, 1.165) is 16.0 Å². The fourth-order valence-electron chi connectivity index (χ4n) is 1.88. The van der Waals surface area contributed by atoms with Crippen LogP contribution >= 0.6 is 12.4 Å². The molecule has 0 saturated carbocycles. The topological polar surface area (TPSA) is 29.4 Å². The molecule has 2 aromatic rings. The van der Waals surface area contributed by atoms with Crippen LogP contribution in [0, 0.1) is 0 Å². The van der Waals surface area contributed by atoms with Crippen molar-refractivity contribution in [2.24, 2.45) is 4.99 Å². The fourth-order valence-corrected chi connectivity index (χ4v) is 1.88. The third-order valence-corrected chi connectivity index (χ3v) is 2.64. The van der Waals surface area contributed by atoms with Crippen molar-refractivity contribution in [2.75, 3.05) is 0 Å². The summed E-state index contributed by atoms with van der Waals surface area (Å²) < 4.78 is 0. The van der Waals surface area contributed by atoms with E-state index in [2.05, 4.69) is 17.1 Å². The van der Waals surface area contributed by atoms with E-state index >= 15 is 0 Å². The highest BCUT2D eigenvalue weighted by atomic mass is 35.5.